The number of methoxy groups -OCH3 is 1. The topological polar surface area (TPSA) is 72.9 Å². The molecule has 0 aliphatic carbocycles. The van der Waals surface area contributed by atoms with Crippen LogP contribution in [0.4, 0.5) is 0 Å². The molecule has 30 heavy (non-hydrogen) atoms. The monoisotopic (exact) mass is 431 g/mol. The molecule has 1 aliphatic rings. The Labute approximate surface area is 178 Å². The van der Waals surface area contributed by atoms with E-state index in [1.807, 2.05) is 48.5 Å². The first-order valence-corrected chi connectivity index (χ1v) is 12.1. The molecule has 3 rings (SSSR count). The van der Waals surface area contributed by atoms with Gasteiger partial charge in [0.05, 0.1) is 31.6 Å². The van der Waals surface area contributed by atoms with Gasteiger partial charge in [0.15, 0.2) is 9.84 Å². The van der Waals surface area contributed by atoms with Gasteiger partial charge in [0.1, 0.15) is 11.5 Å². The highest BCUT2D eigenvalue weighted by Crippen LogP contribution is 2.23. The summed E-state index contributed by atoms with van der Waals surface area (Å²) in [5.41, 5.74) is 1.82. The lowest BCUT2D eigenvalue weighted by atomic mass is 10.1. The Hall–Kier alpha value is -2.54. The molecule has 1 amide bonds. The van der Waals surface area contributed by atoms with Crippen molar-refractivity contribution >= 4 is 15.7 Å². The molecule has 1 fully saturated rings. The summed E-state index contributed by atoms with van der Waals surface area (Å²) < 4.78 is 34.8. The second-order valence-corrected chi connectivity index (χ2v) is 9.82. The summed E-state index contributed by atoms with van der Waals surface area (Å²) in [6.45, 7) is 3.09. The highest BCUT2D eigenvalue weighted by atomic mass is 32.2. The SMILES string of the molecule is CCCOc1ccc(CN(C(=O)Cc2ccc(OC)cc2)C2CCS(=O)(=O)C2)cc1. The predicted molar refractivity (Wildman–Crippen MR) is 117 cm³/mol. The van der Waals surface area contributed by atoms with Gasteiger partial charge < -0.3 is 14.4 Å². The van der Waals surface area contributed by atoms with E-state index in [1.165, 1.54) is 0 Å². The lowest BCUT2D eigenvalue weighted by molar-refractivity contribution is -0.133. The molecule has 0 radical (unpaired) electrons. The molecule has 1 aliphatic heterocycles. The molecule has 1 heterocycles. The average Bonchev–Trinajstić information content (AvgIpc) is 3.11. The van der Waals surface area contributed by atoms with E-state index >= 15 is 0 Å². The second-order valence-electron chi connectivity index (χ2n) is 7.60. The van der Waals surface area contributed by atoms with Gasteiger partial charge in [0.2, 0.25) is 5.91 Å². The van der Waals surface area contributed by atoms with Crippen LogP contribution in [0, 0.1) is 0 Å². The van der Waals surface area contributed by atoms with Crippen molar-refractivity contribution in [2.24, 2.45) is 0 Å². The van der Waals surface area contributed by atoms with Gasteiger partial charge in [0.25, 0.3) is 0 Å². The lowest BCUT2D eigenvalue weighted by Crippen LogP contribution is -2.41. The smallest absolute Gasteiger partial charge is 0.227 e. The fraction of sp³-hybridized carbons (Fsp3) is 0.435. The quantitative estimate of drug-likeness (QED) is 0.609. The van der Waals surface area contributed by atoms with Crippen LogP contribution in [0.1, 0.15) is 30.9 Å². The zero-order valence-electron chi connectivity index (χ0n) is 17.5. The number of sulfone groups is 1. The Morgan fingerprint density at radius 2 is 1.67 bits per heavy atom. The number of carbonyl (C=O) groups is 1. The highest BCUT2D eigenvalue weighted by Gasteiger charge is 2.34. The summed E-state index contributed by atoms with van der Waals surface area (Å²) >= 11 is 0. The van der Waals surface area contributed by atoms with Crippen molar-refractivity contribution in [3.63, 3.8) is 0 Å². The van der Waals surface area contributed by atoms with Crippen LogP contribution >= 0.6 is 0 Å². The van der Waals surface area contributed by atoms with Crippen LogP contribution in [-0.4, -0.2) is 50.5 Å². The maximum atomic E-state index is 13.2. The minimum Gasteiger partial charge on any atom is -0.497 e. The Morgan fingerprint density at radius 1 is 1.03 bits per heavy atom. The summed E-state index contributed by atoms with van der Waals surface area (Å²) in [6, 6.07) is 14.7. The third-order valence-corrected chi connectivity index (χ3v) is 6.98. The number of amides is 1. The normalized spacial score (nSPS) is 17.5. The number of carbonyl (C=O) groups excluding carboxylic acids is 1. The number of nitrogens with zero attached hydrogens (tertiary/aromatic N) is 1. The van der Waals surface area contributed by atoms with Gasteiger partial charge in [-0.15, -0.1) is 0 Å². The molecule has 1 unspecified atom stereocenters. The number of rotatable bonds is 9. The van der Waals surface area contributed by atoms with Crippen molar-refractivity contribution in [1.82, 2.24) is 4.90 Å². The Bertz CT molecular complexity index is 939. The lowest BCUT2D eigenvalue weighted by Gasteiger charge is -2.29. The van der Waals surface area contributed by atoms with Crippen molar-refractivity contribution in [1.29, 1.82) is 0 Å². The summed E-state index contributed by atoms with van der Waals surface area (Å²) in [5, 5.41) is 0. The Morgan fingerprint density at radius 3 is 2.23 bits per heavy atom. The molecule has 6 nitrogen and oxygen atoms in total. The molecule has 162 valence electrons. The van der Waals surface area contributed by atoms with E-state index in [-0.39, 0.29) is 29.9 Å². The molecule has 1 atom stereocenters. The number of benzene rings is 2. The van der Waals surface area contributed by atoms with Crippen LogP contribution in [0.25, 0.3) is 0 Å². The van der Waals surface area contributed by atoms with Crippen molar-refractivity contribution in [3.8, 4) is 11.5 Å². The van der Waals surface area contributed by atoms with Crippen molar-refractivity contribution in [2.75, 3.05) is 25.2 Å². The molecule has 0 spiro atoms. The minimum absolute atomic E-state index is 0.0268. The number of hydrogen-bond acceptors (Lipinski definition) is 5. The van der Waals surface area contributed by atoms with Crippen molar-refractivity contribution < 1.29 is 22.7 Å². The van der Waals surface area contributed by atoms with Crippen LogP contribution in [0.2, 0.25) is 0 Å². The zero-order chi connectivity index (χ0) is 21.6. The van der Waals surface area contributed by atoms with E-state index in [1.54, 1.807) is 12.0 Å². The molecule has 0 aromatic heterocycles. The van der Waals surface area contributed by atoms with Gasteiger partial charge in [-0.3, -0.25) is 4.79 Å². The molecule has 0 N–H and O–H groups in total. The van der Waals surface area contributed by atoms with Gasteiger partial charge in [-0.1, -0.05) is 31.2 Å². The van der Waals surface area contributed by atoms with Gasteiger partial charge in [-0.2, -0.15) is 0 Å². The zero-order valence-corrected chi connectivity index (χ0v) is 18.4. The summed E-state index contributed by atoms with van der Waals surface area (Å²) in [7, 11) is -1.50. The van der Waals surface area contributed by atoms with Crippen molar-refractivity contribution in [3.05, 3.63) is 59.7 Å². The van der Waals surface area contributed by atoms with Gasteiger partial charge in [-0.25, -0.2) is 8.42 Å². The fourth-order valence-electron chi connectivity index (χ4n) is 3.57. The molecular formula is C23H29NO5S. The standard InChI is InChI=1S/C23H29NO5S/c1-3-13-29-22-10-6-19(7-11-22)16-24(20-12-14-30(26,27)17-20)23(25)15-18-4-8-21(28-2)9-5-18/h4-11,20H,3,12-17H2,1-2H3. The highest BCUT2D eigenvalue weighted by molar-refractivity contribution is 7.91. The molecule has 2 aromatic carbocycles. The van der Waals surface area contributed by atoms with Crippen LogP contribution in [-0.2, 0) is 27.6 Å². The fourth-order valence-corrected chi connectivity index (χ4v) is 5.30. The third kappa shape index (κ3) is 5.98. The predicted octanol–water partition coefficient (Wildman–Crippen LogP) is 3.24. The van der Waals surface area contributed by atoms with Crippen LogP contribution in [0.5, 0.6) is 11.5 Å². The maximum absolute atomic E-state index is 13.2. The third-order valence-electron chi connectivity index (χ3n) is 5.23. The molecule has 2 aromatic rings. The first-order valence-electron chi connectivity index (χ1n) is 10.2. The molecule has 0 bridgehead atoms. The van der Waals surface area contributed by atoms with Crippen LogP contribution < -0.4 is 9.47 Å². The van der Waals surface area contributed by atoms with E-state index < -0.39 is 9.84 Å². The summed E-state index contributed by atoms with van der Waals surface area (Å²) in [5.74, 6) is 1.61. The van der Waals surface area contributed by atoms with Crippen molar-refractivity contribution in [2.45, 2.75) is 38.8 Å². The molecular weight excluding hydrogens is 402 g/mol. The van der Waals surface area contributed by atoms with Gasteiger partial charge >= 0.3 is 0 Å². The van der Waals surface area contributed by atoms with Crippen LogP contribution in [0.15, 0.2) is 48.5 Å². The summed E-state index contributed by atoms with van der Waals surface area (Å²) in [6.07, 6.45) is 1.64. The van der Waals surface area contributed by atoms with E-state index in [0.717, 1.165) is 29.0 Å². The van der Waals surface area contributed by atoms with E-state index in [9.17, 15) is 13.2 Å². The Kier molecular flexibility index (Phi) is 7.37. The molecule has 7 heteroatoms. The largest absolute Gasteiger partial charge is 0.497 e. The van der Waals surface area contributed by atoms with E-state index in [2.05, 4.69) is 6.92 Å². The van der Waals surface area contributed by atoms with Crippen LogP contribution in [0.3, 0.4) is 0 Å². The van der Waals surface area contributed by atoms with Gasteiger partial charge in [0, 0.05) is 12.6 Å². The Balaban J connectivity index is 1.75. The van der Waals surface area contributed by atoms with E-state index in [0.29, 0.717) is 19.6 Å². The second kappa shape index (κ2) is 9.98. The van der Waals surface area contributed by atoms with Gasteiger partial charge in [-0.05, 0) is 48.2 Å². The number of hydrogen-bond donors (Lipinski definition) is 0. The summed E-state index contributed by atoms with van der Waals surface area (Å²) in [4.78, 5) is 14.9. The maximum Gasteiger partial charge on any atom is 0.227 e. The molecule has 1 saturated heterocycles. The molecule has 0 saturated carbocycles. The first-order chi connectivity index (χ1) is 14.4. The minimum atomic E-state index is -3.10. The number of ether oxygens (including phenoxy) is 2. The van der Waals surface area contributed by atoms with E-state index in [4.69, 9.17) is 9.47 Å². The first kappa shape index (κ1) is 22.2. The average molecular weight is 432 g/mol.